The maximum Gasteiger partial charge on any atom is 0.235 e. The van der Waals surface area contributed by atoms with E-state index in [-0.39, 0.29) is 11.4 Å². The predicted octanol–water partition coefficient (Wildman–Crippen LogP) is 3.08. The molecule has 9 heteroatoms. The van der Waals surface area contributed by atoms with Crippen molar-refractivity contribution in [2.24, 2.45) is 0 Å². The molecule has 0 fully saturated rings. The number of sulfone groups is 1. The first-order valence-corrected chi connectivity index (χ1v) is 9.61. The fourth-order valence-electron chi connectivity index (χ4n) is 2.18. The lowest BCUT2D eigenvalue weighted by molar-refractivity contribution is -0.119. The highest BCUT2D eigenvalue weighted by molar-refractivity contribution is 7.91. The summed E-state index contributed by atoms with van der Waals surface area (Å²) in [4.78, 5) is 12.0. The number of aromatic nitrogens is 1. The van der Waals surface area contributed by atoms with Crippen LogP contribution in [0.2, 0.25) is 10.0 Å². The molecule has 1 heterocycles. The van der Waals surface area contributed by atoms with Crippen molar-refractivity contribution in [2.75, 3.05) is 5.75 Å². The Balaban J connectivity index is 1.99. The Hall–Kier alpha value is -1.57. The third kappa shape index (κ3) is 5.22. The molecule has 24 heavy (non-hydrogen) atoms. The number of nitrogens with zero attached hydrogens (tertiary/aromatic N) is 1. The number of aryl methyl sites for hydroxylation is 1. The van der Waals surface area contributed by atoms with Crippen molar-refractivity contribution in [2.45, 2.75) is 25.6 Å². The second kappa shape index (κ2) is 7.55. The second-order valence-corrected chi connectivity index (χ2v) is 8.32. The molecule has 0 aliphatic carbocycles. The van der Waals surface area contributed by atoms with Crippen LogP contribution in [-0.4, -0.2) is 25.2 Å². The van der Waals surface area contributed by atoms with Crippen LogP contribution in [0, 0.1) is 6.92 Å². The number of nitrogens with one attached hydrogen (secondary N) is 1. The molecule has 1 atom stereocenters. The summed E-state index contributed by atoms with van der Waals surface area (Å²) in [6.45, 7) is 3.37. The summed E-state index contributed by atoms with van der Waals surface area (Å²) in [5, 5.41) is 7.11. The normalized spacial score (nSPS) is 12.8. The zero-order chi connectivity index (χ0) is 17.9. The molecule has 2 rings (SSSR count). The summed E-state index contributed by atoms with van der Waals surface area (Å²) in [6.07, 6.45) is 0. The van der Waals surface area contributed by atoms with Gasteiger partial charge in [0.1, 0.15) is 11.5 Å². The quantitative estimate of drug-likeness (QED) is 0.818. The number of amides is 1. The first-order chi connectivity index (χ1) is 11.2. The van der Waals surface area contributed by atoms with Crippen LogP contribution in [0.5, 0.6) is 0 Å². The highest BCUT2D eigenvalue weighted by atomic mass is 35.5. The largest absolute Gasteiger partial charge is 0.361 e. The van der Waals surface area contributed by atoms with Crippen LogP contribution in [0.15, 0.2) is 28.8 Å². The van der Waals surface area contributed by atoms with Crippen molar-refractivity contribution in [3.63, 3.8) is 0 Å². The summed E-state index contributed by atoms with van der Waals surface area (Å²) in [7, 11) is -3.65. The maximum atomic E-state index is 12.1. The first kappa shape index (κ1) is 18.8. The Kier molecular flexibility index (Phi) is 5.90. The molecular formula is C15H16Cl2N2O4S. The first-order valence-electron chi connectivity index (χ1n) is 7.03. The van der Waals surface area contributed by atoms with Crippen LogP contribution in [0.3, 0.4) is 0 Å². The van der Waals surface area contributed by atoms with E-state index in [4.69, 9.17) is 27.7 Å². The van der Waals surface area contributed by atoms with Gasteiger partial charge in [-0.3, -0.25) is 4.79 Å². The summed E-state index contributed by atoms with van der Waals surface area (Å²) in [5.41, 5.74) is 0.924. The summed E-state index contributed by atoms with van der Waals surface area (Å²) < 4.78 is 28.9. The summed E-state index contributed by atoms with van der Waals surface area (Å²) in [5.74, 6) is -1.10. The zero-order valence-corrected chi connectivity index (χ0v) is 15.4. The minimum absolute atomic E-state index is 0.272. The summed E-state index contributed by atoms with van der Waals surface area (Å²) >= 11 is 11.9. The average molecular weight is 391 g/mol. The zero-order valence-electron chi connectivity index (χ0n) is 13.0. The van der Waals surface area contributed by atoms with Gasteiger partial charge in [0.2, 0.25) is 5.91 Å². The second-order valence-electron chi connectivity index (χ2n) is 5.42. The minimum atomic E-state index is -3.65. The van der Waals surface area contributed by atoms with Gasteiger partial charge in [-0.05, 0) is 31.5 Å². The van der Waals surface area contributed by atoms with Gasteiger partial charge >= 0.3 is 0 Å². The van der Waals surface area contributed by atoms with Crippen molar-refractivity contribution in [3.05, 3.63) is 51.3 Å². The van der Waals surface area contributed by atoms with Crippen LogP contribution < -0.4 is 5.32 Å². The monoisotopic (exact) mass is 390 g/mol. The number of hydrogen-bond donors (Lipinski definition) is 1. The van der Waals surface area contributed by atoms with Gasteiger partial charge in [-0.1, -0.05) is 34.4 Å². The van der Waals surface area contributed by atoms with Gasteiger partial charge in [0.05, 0.1) is 17.5 Å². The lowest BCUT2D eigenvalue weighted by Gasteiger charge is -2.16. The molecule has 1 aromatic carbocycles. The fraction of sp³-hybridized carbons (Fsp3) is 0.333. The van der Waals surface area contributed by atoms with E-state index in [0.717, 1.165) is 0 Å². The van der Waals surface area contributed by atoms with Gasteiger partial charge < -0.3 is 9.84 Å². The average Bonchev–Trinajstić information content (AvgIpc) is 2.81. The van der Waals surface area contributed by atoms with Crippen LogP contribution in [-0.2, 0) is 20.4 Å². The van der Waals surface area contributed by atoms with E-state index >= 15 is 0 Å². The van der Waals surface area contributed by atoms with Crippen molar-refractivity contribution in [1.29, 1.82) is 0 Å². The molecular weight excluding hydrogens is 375 g/mol. The Morgan fingerprint density at radius 1 is 1.33 bits per heavy atom. The number of benzene rings is 1. The third-order valence-electron chi connectivity index (χ3n) is 3.20. The van der Waals surface area contributed by atoms with Gasteiger partial charge in [-0.15, -0.1) is 0 Å². The van der Waals surface area contributed by atoms with E-state index in [1.54, 1.807) is 32.0 Å². The molecule has 0 spiro atoms. The molecule has 1 aromatic heterocycles. The van der Waals surface area contributed by atoms with E-state index < -0.39 is 27.5 Å². The molecule has 6 nitrogen and oxygen atoms in total. The van der Waals surface area contributed by atoms with Gasteiger partial charge in [0.25, 0.3) is 0 Å². The summed E-state index contributed by atoms with van der Waals surface area (Å²) in [6, 6.07) is 5.96. The molecule has 0 aliphatic rings. The van der Waals surface area contributed by atoms with Crippen molar-refractivity contribution < 1.29 is 17.7 Å². The Bertz CT molecular complexity index is 849. The van der Waals surface area contributed by atoms with E-state index in [0.29, 0.717) is 21.4 Å². The van der Waals surface area contributed by atoms with E-state index in [1.807, 2.05) is 0 Å². The predicted molar refractivity (Wildman–Crippen MR) is 91.8 cm³/mol. The van der Waals surface area contributed by atoms with E-state index in [1.165, 1.54) is 6.07 Å². The fourth-order valence-corrected chi connectivity index (χ4v) is 3.92. The van der Waals surface area contributed by atoms with Crippen molar-refractivity contribution in [3.8, 4) is 0 Å². The van der Waals surface area contributed by atoms with E-state index in [2.05, 4.69) is 10.5 Å². The van der Waals surface area contributed by atoms with Crippen LogP contribution in [0.25, 0.3) is 0 Å². The standard InChI is InChI=1S/C15H16Cl2N2O4S/c1-9-5-12(19-23-9)7-24(21,22)8-15(20)18-10(2)13-4-3-11(16)6-14(13)17/h3-6,10H,7-8H2,1-2H3,(H,18,20). The molecule has 1 N–H and O–H groups in total. The Morgan fingerprint density at radius 2 is 2.04 bits per heavy atom. The van der Waals surface area contributed by atoms with Gasteiger partial charge in [-0.25, -0.2) is 8.42 Å². The van der Waals surface area contributed by atoms with Gasteiger partial charge in [0.15, 0.2) is 9.84 Å². The molecule has 130 valence electrons. The maximum absolute atomic E-state index is 12.1. The van der Waals surface area contributed by atoms with Crippen molar-refractivity contribution in [1.82, 2.24) is 10.5 Å². The molecule has 0 radical (unpaired) electrons. The molecule has 0 aliphatic heterocycles. The van der Waals surface area contributed by atoms with Crippen LogP contribution >= 0.6 is 23.2 Å². The Labute approximate surface area is 150 Å². The molecule has 2 aromatic rings. The topological polar surface area (TPSA) is 89.3 Å². The van der Waals surface area contributed by atoms with Crippen LogP contribution in [0.4, 0.5) is 0 Å². The highest BCUT2D eigenvalue weighted by Gasteiger charge is 2.21. The third-order valence-corrected chi connectivity index (χ3v) is 5.20. The molecule has 1 unspecified atom stereocenters. The Morgan fingerprint density at radius 3 is 2.62 bits per heavy atom. The van der Waals surface area contributed by atoms with Crippen LogP contribution in [0.1, 0.15) is 30.0 Å². The molecule has 0 bridgehead atoms. The molecule has 0 saturated heterocycles. The lowest BCUT2D eigenvalue weighted by Crippen LogP contribution is -2.33. The lowest BCUT2D eigenvalue weighted by atomic mass is 10.1. The molecule has 1 amide bonds. The van der Waals surface area contributed by atoms with Crippen molar-refractivity contribution >= 4 is 38.9 Å². The SMILES string of the molecule is Cc1cc(CS(=O)(=O)CC(=O)NC(C)c2ccc(Cl)cc2Cl)no1. The number of halogens is 2. The van der Waals surface area contributed by atoms with E-state index in [9.17, 15) is 13.2 Å². The number of carbonyl (C=O) groups excluding carboxylic acids is 1. The highest BCUT2D eigenvalue weighted by Crippen LogP contribution is 2.26. The minimum Gasteiger partial charge on any atom is -0.361 e. The smallest absolute Gasteiger partial charge is 0.235 e. The number of carbonyl (C=O) groups is 1. The van der Waals surface area contributed by atoms with Gasteiger partial charge in [-0.2, -0.15) is 0 Å². The number of hydrogen-bond acceptors (Lipinski definition) is 5. The van der Waals surface area contributed by atoms with Gasteiger partial charge in [0, 0.05) is 16.1 Å². The molecule has 0 saturated carbocycles. The number of rotatable bonds is 6.